The van der Waals surface area contributed by atoms with Gasteiger partial charge in [0.05, 0.1) is 23.9 Å². The van der Waals surface area contributed by atoms with Gasteiger partial charge in [0.15, 0.2) is 5.65 Å². The van der Waals surface area contributed by atoms with Gasteiger partial charge in [-0.15, -0.1) is 0 Å². The highest BCUT2D eigenvalue weighted by Gasteiger charge is 2.16. The minimum Gasteiger partial charge on any atom is -0.394 e. The SMILES string of the molecule is Cc1nn(C)c2ncc(C(=O)NC(CO)CC(C)C)cc12. The molecule has 0 spiro atoms. The van der Waals surface area contributed by atoms with E-state index in [1.54, 1.807) is 16.9 Å². The number of nitrogens with zero attached hydrogens (tertiary/aromatic N) is 3. The van der Waals surface area contributed by atoms with Crippen LogP contribution in [0.4, 0.5) is 0 Å². The van der Waals surface area contributed by atoms with E-state index in [4.69, 9.17) is 0 Å². The molecule has 6 nitrogen and oxygen atoms in total. The second-order valence-corrected chi connectivity index (χ2v) is 5.79. The summed E-state index contributed by atoms with van der Waals surface area (Å²) in [6.45, 7) is 5.94. The van der Waals surface area contributed by atoms with E-state index in [0.717, 1.165) is 23.1 Å². The third kappa shape index (κ3) is 3.39. The quantitative estimate of drug-likeness (QED) is 0.872. The van der Waals surface area contributed by atoms with Crippen LogP contribution in [0.3, 0.4) is 0 Å². The molecule has 0 saturated heterocycles. The van der Waals surface area contributed by atoms with Crippen molar-refractivity contribution >= 4 is 16.9 Å². The van der Waals surface area contributed by atoms with Gasteiger partial charge in [-0.25, -0.2) is 4.98 Å². The van der Waals surface area contributed by atoms with Crippen LogP contribution in [0.1, 0.15) is 36.3 Å². The molecule has 1 atom stereocenters. The number of hydrogen-bond donors (Lipinski definition) is 2. The van der Waals surface area contributed by atoms with Gasteiger partial charge in [0.25, 0.3) is 5.91 Å². The van der Waals surface area contributed by atoms with Crippen molar-refractivity contribution in [2.45, 2.75) is 33.2 Å². The van der Waals surface area contributed by atoms with E-state index in [1.165, 1.54) is 0 Å². The standard InChI is InChI=1S/C15H22N4O2/c1-9(2)5-12(8-20)17-15(21)11-6-13-10(3)18-19(4)14(13)16-7-11/h6-7,9,12,20H,5,8H2,1-4H3,(H,17,21). The smallest absolute Gasteiger partial charge is 0.253 e. The van der Waals surface area contributed by atoms with Crippen molar-refractivity contribution in [3.63, 3.8) is 0 Å². The molecule has 0 saturated carbocycles. The van der Waals surface area contributed by atoms with Crippen molar-refractivity contribution in [1.29, 1.82) is 0 Å². The van der Waals surface area contributed by atoms with Gasteiger partial charge in [0.2, 0.25) is 0 Å². The molecule has 114 valence electrons. The average molecular weight is 290 g/mol. The maximum atomic E-state index is 12.3. The lowest BCUT2D eigenvalue weighted by Crippen LogP contribution is -2.38. The van der Waals surface area contributed by atoms with Crippen LogP contribution in [0.2, 0.25) is 0 Å². The van der Waals surface area contributed by atoms with E-state index in [1.807, 2.05) is 14.0 Å². The Hall–Kier alpha value is -1.95. The number of amides is 1. The fraction of sp³-hybridized carbons (Fsp3) is 0.533. The van der Waals surface area contributed by atoms with Gasteiger partial charge in [0, 0.05) is 18.6 Å². The van der Waals surface area contributed by atoms with Crippen LogP contribution >= 0.6 is 0 Å². The maximum Gasteiger partial charge on any atom is 0.253 e. The van der Waals surface area contributed by atoms with Gasteiger partial charge in [-0.1, -0.05) is 13.8 Å². The summed E-state index contributed by atoms with van der Waals surface area (Å²) in [7, 11) is 1.83. The van der Waals surface area contributed by atoms with Crippen LogP contribution < -0.4 is 5.32 Å². The van der Waals surface area contributed by atoms with E-state index >= 15 is 0 Å². The molecule has 6 heteroatoms. The minimum atomic E-state index is -0.233. The zero-order valence-electron chi connectivity index (χ0n) is 12.9. The Kier molecular flexibility index (Phi) is 4.57. The van der Waals surface area contributed by atoms with Crippen LogP contribution in [0.15, 0.2) is 12.3 Å². The lowest BCUT2D eigenvalue weighted by molar-refractivity contribution is 0.0908. The van der Waals surface area contributed by atoms with Crippen molar-refractivity contribution in [2.75, 3.05) is 6.61 Å². The molecule has 2 N–H and O–H groups in total. The van der Waals surface area contributed by atoms with Crippen molar-refractivity contribution < 1.29 is 9.90 Å². The number of carbonyl (C=O) groups excluding carboxylic acids is 1. The number of rotatable bonds is 5. The summed E-state index contributed by atoms with van der Waals surface area (Å²) < 4.78 is 1.70. The monoisotopic (exact) mass is 290 g/mol. The van der Waals surface area contributed by atoms with E-state index in [0.29, 0.717) is 11.5 Å². The topological polar surface area (TPSA) is 80.0 Å². The molecule has 2 aromatic rings. The number of nitrogens with one attached hydrogen (secondary N) is 1. The first-order valence-corrected chi connectivity index (χ1v) is 7.13. The third-order valence-electron chi connectivity index (χ3n) is 3.44. The van der Waals surface area contributed by atoms with Gasteiger partial charge >= 0.3 is 0 Å². The molecule has 1 amide bonds. The Balaban J connectivity index is 2.21. The number of aryl methyl sites for hydroxylation is 2. The first kappa shape index (κ1) is 15.4. The van der Waals surface area contributed by atoms with Gasteiger partial charge in [-0.2, -0.15) is 5.10 Å². The molecule has 0 radical (unpaired) electrons. The highest BCUT2D eigenvalue weighted by molar-refractivity contribution is 5.97. The maximum absolute atomic E-state index is 12.3. The zero-order chi connectivity index (χ0) is 15.6. The molecule has 0 aliphatic rings. The molecule has 0 aromatic carbocycles. The summed E-state index contributed by atoms with van der Waals surface area (Å²) in [5, 5.41) is 17.4. The molecule has 0 aliphatic carbocycles. The molecule has 2 rings (SSSR count). The van der Waals surface area contributed by atoms with Crippen molar-refractivity contribution in [1.82, 2.24) is 20.1 Å². The highest BCUT2D eigenvalue weighted by Crippen LogP contribution is 2.16. The Morgan fingerprint density at radius 2 is 2.19 bits per heavy atom. The Bertz CT molecular complexity index is 648. The summed E-state index contributed by atoms with van der Waals surface area (Å²) >= 11 is 0. The number of pyridine rings is 1. The lowest BCUT2D eigenvalue weighted by atomic mass is 10.0. The van der Waals surface area contributed by atoms with Crippen molar-refractivity contribution in [3.8, 4) is 0 Å². The van der Waals surface area contributed by atoms with Gasteiger partial charge in [-0.3, -0.25) is 9.48 Å². The predicted molar refractivity (Wildman–Crippen MR) is 81.0 cm³/mol. The summed E-state index contributed by atoms with van der Waals surface area (Å²) in [5.41, 5.74) is 2.08. The largest absolute Gasteiger partial charge is 0.394 e. The molecule has 2 aromatic heterocycles. The van der Waals surface area contributed by atoms with Crippen molar-refractivity contribution in [2.24, 2.45) is 13.0 Å². The fourth-order valence-corrected chi connectivity index (χ4v) is 2.45. The van der Waals surface area contributed by atoms with Crippen LogP contribution in [0.5, 0.6) is 0 Å². The van der Waals surface area contributed by atoms with E-state index < -0.39 is 0 Å². The summed E-state index contributed by atoms with van der Waals surface area (Å²) in [5.74, 6) is 0.191. The number of carbonyl (C=O) groups is 1. The second kappa shape index (κ2) is 6.22. The number of hydrogen-bond acceptors (Lipinski definition) is 4. The number of aliphatic hydroxyl groups excluding tert-OH is 1. The van der Waals surface area contributed by atoms with E-state index in [9.17, 15) is 9.90 Å². The van der Waals surface area contributed by atoms with Gasteiger partial charge < -0.3 is 10.4 Å². The molecule has 0 bridgehead atoms. The fourth-order valence-electron chi connectivity index (χ4n) is 2.45. The van der Waals surface area contributed by atoms with Gasteiger partial charge in [-0.05, 0) is 25.3 Å². The summed E-state index contributed by atoms with van der Waals surface area (Å²) in [6, 6.07) is 1.56. The molecule has 0 aliphatic heterocycles. The molecular weight excluding hydrogens is 268 g/mol. The Morgan fingerprint density at radius 1 is 1.48 bits per heavy atom. The summed E-state index contributed by atoms with van der Waals surface area (Å²) in [4.78, 5) is 16.6. The first-order chi connectivity index (χ1) is 9.92. The number of fused-ring (bicyclic) bond motifs is 1. The van der Waals surface area contributed by atoms with Crippen LogP contribution in [-0.2, 0) is 7.05 Å². The van der Waals surface area contributed by atoms with Gasteiger partial charge in [0.1, 0.15) is 0 Å². The van der Waals surface area contributed by atoms with E-state index in [-0.39, 0.29) is 18.6 Å². The summed E-state index contributed by atoms with van der Waals surface area (Å²) in [6.07, 6.45) is 2.28. The van der Waals surface area contributed by atoms with Crippen LogP contribution in [0, 0.1) is 12.8 Å². The zero-order valence-corrected chi connectivity index (χ0v) is 12.9. The Morgan fingerprint density at radius 3 is 2.81 bits per heavy atom. The van der Waals surface area contributed by atoms with E-state index in [2.05, 4.69) is 29.2 Å². The first-order valence-electron chi connectivity index (χ1n) is 7.13. The third-order valence-corrected chi connectivity index (χ3v) is 3.44. The molecular formula is C15H22N4O2. The predicted octanol–water partition coefficient (Wildman–Crippen LogP) is 1.41. The molecule has 21 heavy (non-hydrogen) atoms. The molecule has 1 unspecified atom stereocenters. The normalized spacial score (nSPS) is 12.9. The second-order valence-electron chi connectivity index (χ2n) is 5.79. The average Bonchev–Trinajstić information content (AvgIpc) is 2.72. The van der Waals surface area contributed by atoms with Crippen LogP contribution in [0.25, 0.3) is 11.0 Å². The Labute approximate surface area is 124 Å². The highest BCUT2D eigenvalue weighted by atomic mass is 16.3. The lowest BCUT2D eigenvalue weighted by Gasteiger charge is -2.18. The molecule has 2 heterocycles. The van der Waals surface area contributed by atoms with Crippen LogP contribution in [-0.4, -0.2) is 38.4 Å². The molecule has 0 fully saturated rings. The number of aliphatic hydroxyl groups is 1. The number of aromatic nitrogens is 3. The van der Waals surface area contributed by atoms with Crippen molar-refractivity contribution in [3.05, 3.63) is 23.5 Å². The minimum absolute atomic E-state index is 0.0640.